The highest BCUT2D eigenvalue weighted by molar-refractivity contribution is 8.00. The number of nitrogens with one attached hydrogen (secondary N) is 4. The number of aliphatic carboxylic acids is 1. The largest absolute Gasteiger partial charge is 0.493 e. The molecule has 298 valence electrons. The Balaban J connectivity index is 1.13. The molecular formula is C34H53N5O13S. The lowest BCUT2D eigenvalue weighted by molar-refractivity contribution is -0.385. The van der Waals surface area contributed by atoms with Crippen LogP contribution in [0.25, 0.3) is 0 Å². The fraction of sp³-hybridized carbons (Fsp3) is 0.706. The van der Waals surface area contributed by atoms with Gasteiger partial charge in [0.2, 0.25) is 11.8 Å². The quantitative estimate of drug-likeness (QED) is 0.0341. The number of hydrogen-bond acceptors (Lipinski definition) is 13. The van der Waals surface area contributed by atoms with Crippen LogP contribution in [0.4, 0.5) is 10.5 Å². The first-order valence-electron chi connectivity index (χ1n) is 17.9. The van der Waals surface area contributed by atoms with Crippen LogP contribution in [0, 0.1) is 10.1 Å². The minimum absolute atomic E-state index is 0.00462. The summed E-state index contributed by atoms with van der Waals surface area (Å²) in [6.07, 6.45) is 3.36. The third-order valence-corrected chi connectivity index (χ3v) is 9.89. The first-order valence-corrected chi connectivity index (χ1v) is 18.9. The number of nitro benzene ring substituents is 1. The van der Waals surface area contributed by atoms with Gasteiger partial charge in [-0.1, -0.05) is 6.42 Å². The topological polar surface area (TPSA) is 235 Å². The summed E-state index contributed by atoms with van der Waals surface area (Å²) in [7, 11) is 1.38. The highest BCUT2D eigenvalue weighted by Gasteiger charge is 2.42. The monoisotopic (exact) mass is 771 g/mol. The number of fused-ring (bicyclic) bond motifs is 1. The highest BCUT2D eigenvalue weighted by Crippen LogP contribution is 2.38. The second-order valence-electron chi connectivity index (χ2n) is 12.4. The number of thioether (sulfide) groups is 1. The first-order chi connectivity index (χ1) is 25.6. The maximum absolute atomic E-state index is 12.5. The van der Waals surface area contributed by atoms with E-state index in [4.69, 9.17) is 33.5 Å². The van der Waals surface area contributed by atoms with Crippen LogP contribution in [0.5, 0.6) is 11.5 Å². The number of carboxylic acids is 1. The molecule has 3 rings (SSSR count). The number of nitrogens with zero attached hydrogens (tertiary/aromatic N) is 1. The molecule has 2 aliphatic heterocycles. The number of urea groups is 1. The van der Waals surface area contributed by atoms with Crippen LogP contribution in [0.3, 0.4) is 0 Å². The molecule has 0 bridgehead atoms. The van der Waals surface area contributed by atoms with E-state index in [1.165, 1.54) is 19.2 Å². The van der Waals surface area contributed by atoms with Gasteiger partial charge in [-0.05, 0) is 32.3 Å². The molecule has 0 aromatic heterocycles. The van der Waals surface area contributed by atoms with Gasteiger partial charge >= 0.3 is 12.0 Å². The van der Waals surface area contributed by atoms with E-state index in [0.29, 0.717) is 57.9 Å². The smallest absolute Gasteiger partial charge is 0.315 e. The molecule has 4 atom stereocenters. The van der Waals surface area contributed by atoms with E-state index >= 15 is 0 Å². The van der Waals surface area contributed by atoms with Gasteiger partial charge in [0.15, 0.2) is 11.5 Å². The Morgan fingerprint density at radius 3 is 2.25 bits per heavy atom. The van der Waals surface area contributed by atoms with Crippen LogP contribution in [-0.2, 0) is 33.3 Å². The van der Waals surface area contributed by atoms with Gasteiger partial charge in [0.25, 0.3) is 5.69 Å². The summed E-state index contributed by atoms with van der Waals surface area (Å²) in [5.41, 5.74) is -0.0469. The molecule has 53 heavy (non-hydrogen) atoms. The molecule has 1 aromatic rings. The molecule has 18 nitrogen and oxygen atoms in total. The summed E-state index contributed by atoms with van der Waals surface area (Å²) >= 11 is 1.88. The Morgan fingerprint density at radius 2 is 1.58 bits per heavy atom. The van der Waals surface area contributed by atoms with Crippen molar-refractivity contribution in [3.05, 3.63) is 27.8 Å². The van der Waals surface area contributed by atoms with Gasteiger partial charge in [-0.3, -0.25) is 24.5 Å². The lowest BCUT2D eigenvalue weighted by Crippen LogP contribution is -2.36. The predicted molar refractivity (Wildman–Crippen MR) is 193 cm³/mol. The zero-order chi connectivity index (χ0) is 38.4. The van der Waals surface area contributed by atoms with Crippen molar-refractivity contribution in [1.29, 1.82) is 0 Å². The van der Waals surface area contributed by atoms with Crippen LogP contribution in [0.1, 0.15) is 63.5 Å². The molecule has 2 heterocycles. The zero-order valence-electron chi connectivity index (χ0n) is 30.4. The van der Waals surface area contributed by atoms with Crippen LogP contribution in [0.15, 0.2) is 12.1 Å². The van der Waals surface area contributed by atoms with Gasteiger partial charge in [-0.2, -0.15) is 11.8 Å². The van der Waals surface area contributed by atoms with Crippen LogP contribution in [0.2, 0.25) is 0 Å². The Labute approximate surface area is 313 Å². The maximum atomic E-state index is 12.5. The zero-order valence-corrected chi connectivity index (χ0v) is 31.2. The standard InChI is InChI=1S/C34H53N5O13S/c1-23(24-20-27(47-2)28(21-26(24)39(45)46)52-11-5-8-32(42)43)36-31(41)9-12-48-14-16-50-18-19-51-17-15-49-13-10-35-30(40)7-4-3-6-29-33-25(22-53-29)37-34(44)38-33/h20-21,23,25,29,33H,3-19,22H2,1-2H3,(H,35,40)(H,36,41)(H,42,43)(H2,37,38,44)/t23?,25-,29-,33-/m1/s1. The fourth-order valence-corrected chi connectivity index (χ4v) is 7.23. The van der Waals surface area contributed by atoms with Crippen LogP contribution in [-0.4, -0.2) is 130 Å². The van der Waals surface area contributed by atoms with E-state index in [2.05, 4.69) is 21.3 Å². The van der Waals surface area contributed by atoms with E-state index in [1.54, 1.807) is 6.92 Å². The van der Waals surface area contributed by atoms with Gasteiger partial charge in [0.1, 0.15) is 0 Å². The molecule has 4 amide bonds. The molecule has 0 saturated carbocycles. The Kier molecular flexibility index (Phi) is 20.0. The van der Waals surface area contributed by atoms with Crippen molar-refractivity contribution >= 4 is 41.3 Å². The van der Waals surface area contributed by atoms with E-state index in [9.17, 15) is 29.3 Å². The third kappa shape index (κ3) is 16.3. The van der Waals surface area contributed by atoms with Gasteiger partial charge in [0, 0.05) is 36.8 Å². The fourth-order valence-electron chi connectivity index (χ4n) is 5.69. The predicted octanol–water partition coefficient (Wildman–Crippen LogP) is 2.32. The molecule has 0 aliphatic carbocycles. The summed E-state index contributed by atoms with van der Waals surface area (Å²) < 4.78 is 32.7. The number of carbonyl (C=O) groups is 4. The van der Waals surface area contributed by atoms with Crippen molar-refractivity contribution in [1.82, 2.24) is 21.3 Å². The number of carboxylic acid groups (broad SMARTS) is 1. The highest BCUT2D eigenvalue weighted by atomic mass is 32.2. The number of nitro groups is 1. The summed E-state index contributed by atoms with van der Waals surface area (Å²) in [6.45, 7) is 4.70. The van der Waals surface area contributed by atoms with Crippen molar-refractivity contribution in [2.24, 2.45) is 0 Å². The summed E-state index contributed by atoms with van der Waals surface area (Å²) in [4.78, 5) is 57.9. The molecule has 0 radical (unpaired) electrons. The number of amides is 4. The van der Waals surface area contributed by atoms with Gasteiger partial charge in [0.05, 0.1) is 101 Å². The molecule has 1 aromatic carbocycles. The second kappa shape index (κ2) is 24.4. The van der Waals surface area contributed by atoms with Gasteiger partial charge < -0.3 is 54.8 Å². The van der Waals surface area contributed by atoms with Crippen molar-refractivity contribution in [3.8, 4) is 11.5 Å². The molecular weight excluding hydrogens is 718 g/mol. The van der Waals surface area contributed by atoms with Crippen LogP contribution >= 0.6 is 11.8 Å². The first kappa shape index (κ1) is 43.5. The van der Waals surface area contributed by atoms with E-state index in [1.807, 2.05) is 11.8 Å². The second-order valence-corrected chi connectivity index (χ2v) is 13.6. The third-order valence-electron chi connectivity index (χ3n) is 8.38. The average molecular weight is 772 g/mol. The molecule has 0 spiro atoms. The number of rotatable bonds is 29. The summed E-state index contributed by atoms with van der Waals surface area (Å²) in [5, 5.41) is 32.5. The van der Waals surface area contributed by atoms with Gasteiger partial charge in [-0.15, -0.1) is 0 Å². The van der Waals surface area contributed by atoms with E-state index in [-0.39, 0.29) is 91.8 Å². The number of carbonyl (C=O) groups excluding carboxylic acids is 3. The summed E-state index contributed by atoms with van der Waals surface area (Å²) in [6, 6.07) is 2.25. The molecule has 1 unspecified atom stereocenters. The minimum Gasteiger partial charge on any atom is -0.493 e. The Hall–Kier alpha value is -3.91. The van der Waals surface area contributed by atoms with Gasteiger partial charge in [-0.25, -0.2) is 4.79 Å². The number of unbranched alkanes of at least 4 members (excludes halogenated alkanes) is 1. The van der Waals surface area contributed by atoms with E-state index < -0.39 is 16.9 Å². The lowest BCUT2D eigenvalue weighted by atomic mass is 10.0. The van der Waals surface area contributed by atoms with Crippen molar-refractivity contribution in [2.75, 3.05) is 78.9 Å². The summed E-state index contributed by atoms with van der Waals surface area (Å²) in [5.74, 6) is -0.0660. The average Bonchev–Trinajstić information content (AvgIpc) is 3.68. The Morgan fingerprint density at radius 1 is 0.906 bits per heavy atom. The van der Waals surface area contributed by atoms with Crippen LogP contribution < -0.4 is 30.7 Å². The van der Waals surface area contributed by atoms with E-state index in [0.717, 1.165) is 25.0 Å². The normalized spacial score (nSPS) is 18.1. The lowest BCUT2D eigenvalue weighted by Gasteiger charge is -2.17. The number of methoxy groups -OCH3 is 1. The molecule has 19 heteroatoms. The minimum atomic E-state index is -0.973. The maximum Gasteiger partial charge on any atom is 0.315 e. The SMILES string of the molecule is COc1cc(C(C)NC(=O)CCOCCOCCOCCOCCNC(=O)CCCC[C@H]2SC[C@H]3NC(=O)N[C@H]32)c([N+](=O)[O-])cc1OCCCC(=O)O. The number of hydrogen-bond donors (Lipinski definition) is 5. The Bertz CT molecular complexity index is 1340. The molecule has 2 saturated heterocycles. The van der Waals surface area contributed by atoms with Crippen molar-refractivity contribution < 1.29 is 57.6 Å². The molecule has 2 fully saturated rings. The number of benzene rings is 1. The number of ether oxygens (including phenoxy) is 6. The molecule has 5 N–H and O–H groups in total. The van der Waals surface area contributed by atoms with Crippen molar-refractivity contribution in [2.45, 2.75) is 75.2 Å². The van der Waals surface area contributed by atoms with Crippen molar-refractivity contribution in [3.63, 3.8) is 0 Å². The molecule has 2 aliphatic rings.